The number of aryl methyl sites for hydroxylation is 2. The Labute approximate surface area is 185 Å². The van der Waals surface area contributed by atoms with Crippen molar-refractivity contribution < 1.29 is 19.0 Å². The van der Waals surface area contributed by atoms with Crippen LogP contribution in [0.15, 0.2) is 18.2 Å². The summed E-state index contributed by atoms with van der Waals surface area (Å²) in [7, 11) is 0. The van der Waals surface area contributed by atoms with E-state index in [0.717, 1.165) is 38.2 Å². The van der Waals surface area contributed by atoms with Gasteiger partial charge in [-0.15, -0.1) is 0 Å². The molecule has 3 rings (SSSR count). The highest BCUT2D eigenvalue weighted by Crippen LogP contribution is 2.39. The zero-order valence-electron chi connectivity index (χ0n) is 19.4. The molecule has 0 unspecified atom stereocenters. The highest BCUT2D eigenvalue weighted by Gasteiger charge is 2.26. The molecule has 0 N–H and O–H groups in total. The predicted octanol–water partition coefficient (Wildman–Crippen LogP) is 4.25. The first kappa shape index (κ1) is 23.0. The molecular weight excluding hydrogens is 394 g/mol. The fourth-order valence-corrected chi connectivity index (χ4v) is 4.12. The monoisotopic (exact) mass is 429 g/mol. The Kier molecular flexibility index (Phi) is 7.82. The van der Waals surface area contributed by atoms with Gasteiger partial charge in [0, 0.05) is 30.9 Å². The molecule has 31 heavy (non-hydrogen) atoms. The summed E-state index contributed by atoms with van der Waals surface area (Å²) in [4.78, 5) is 15.2. The van der Waals surface area contributed by atoms with Crippen LogP contribution in [0.4, 0.5) is 0 Å². The van der Waals surface area contributed by atoms with Gasteiger partial charge < -0.3 is 19.1 Å². The van der Waals surface area contributed by atoms with Gasteiger partial charge in [0.2, 0.25) is 5.75 Å². The molecule has 0 radical (unpaired) electrons. The van der Waals surface area contributed by atoms with Crippen LogP contribution in [0.2, 0.25) is 0 Å². The van der Waals surface area contributed by atoms with Crippen molar-refractivity contribution in [2.45, 2.75) is 54.0 Å². The largest absolute Gasteiger partial charge is 0.490 e. The Morgan fingerprint density at radius 1 is 0.968 bits per heavy atom. The van der Waals surface area contributed by atoms with Gasteiger partial charge in [0.25, 0.3) is 5.91 Å². The molecule has 1 aliphatic rings. The Morgan fingerprint density at radius 3 is 2.03 bits per heavy atom. The summed E-state index contributed by atoms with van der Waals surface area (Å²) >= 11 is 0. The molecule has 170 valence electrons. The third-order valence-corrected chi connectivity index (χ3v) is 5.59. The van der Waals surface area contributed by atoms with Gasteiger partial charge in [-0.3, -0.25) is 9.48 Å². The van der Waals surface area contributed by atoms with Crippen LogP contribution in [0.25, 0.3) is 0 Å². The summed E-state index contributed by atoms with van der Waals surface area (Å²) in [5.74, 6) is 2.21. The second kappa shape index (κ2) is 10.6. The Bertz CT molecular complexity index is 858. The van der Waals surface area contributed by atoms with Crippen LogP contribution < -0.4 is 14.2 Å². The third-order valence-electron chi connectivity index (χ3n) is 5.59. The highest BCUT2D eigenvalue weighted by atomic mass is 16.5. The van der Waals surface area contributed by atoms with E-state index in [4.69, 9.17) is 14.2 Å². The lowest BCUT2D eigenvalue weighted by atomic mass is 9.96. The van der Waals surface area contributed by atoms with Crippen molar-refractivity contribution in [1.29, 1.82) is 0 Å². The number of hydrogen-bond donors (Lipinski definition) is 0. The van der Waals surface area contributed by atoms with E-state index in [0.29, 0.717) is 48.6 Å². The molecule has 1 aliphatic heterocycles. The number of benzene rings is 1. The van der Waals surface area contributed by atoms with Crippen LogP contribution in [0.1, 0.15) is 55.4 Å². The van der Waals surface area contributed by atoms with E-state index in [9.17, 15) is 4.79 Å². The fourth-order valence-electron chi connectivity index (χ4n) is 4.12. The average molecular weight is 430 g/mol. The van der Waals surface area contributed by atoms with E-state index in [1.54, 1.807) is 12.1 Å². The molecule has 0 atom stereocenters. The van der Waals surface area contributed by atoms with Crippen LogP contribution in [0, 0.1) is 19.8 Å². The molecule has 1 amide bonds. The standard InChI is InChI=1S/C24H35N3O4/c1-6-29-21-14-20(15-22(30-7-2)23(21)31-8-3)24(28)26-11-9-19(10-12-26)16-27-18(5)13-17(4)25-27/h13-15,19H,6-12,16H2,1-5H3. The van der Waals surface area contributed by atoms with Crippen LogP contribution >= 0.6 is 0 Å². The minimum atomic E-state index is 0.00881. The van der Waals surface area contributed by atoms with Crippen LogP contribution in [0.5, 0.6) is 17.2 Å². The lowest BCUT2D eigenvalue weighted by molar-refractivity contribution is 0.0679. The number of hydrogen-bond acceptors (Lipinski definition) is 5. The number of rotatable bonds is 9. The zero-order valence-corrected chi connectivity index (χ0v) is 19.4. The van der Waals surface area contributed by atoms with E-state index in [-0.39, 0.29) is 5.91 Å². The fraction of sp³-hybridized carbons (Fsp3) is 0.583. The van der Waals surface area contributed by atoms with Gasteiger partial charge in [0.05, 0.1) is 25.5 Å². The molecule has 2 aromatic rings. The third kappa shape index (κ3) is 5.51. The van der Waals surface area contributed by atoms with Crippen molar-refractivity contribution in [2.24, 2.45) is 5.92 Å². The second-order valence-electron chi connectivity index (χ2n) is 7.95. The maximum absolute atomic E-state index is 13.3. The number of carbonyl (C=O) groups is 1. The Balaban J connectivity index is 1.71. The Morgan fingerprint density at radius 2 is 1.55 bits per heavy atom. The summed E-state index contributed by atoms with van der Waals surface area (Å²) in [6, 6.07) is 5.67. The van der Waals surface area contributed by atoms with Crippen molar-refractivity contribution in [3.8, 4) is 17.2 Å². The number of nitrogens with zero attached hydrogens (tertiary/aromatic N) is 3. The topological polar surface area (TPSA) is 65.8 Å². The number of piperidine rings is 1. The number of ether oxygens (including phenoxy) is 3. The van der Waals surface area contributed by atoms with Gasteiger partial charge in [0.15, 0.2) is 11.5 Å². The van der Waals surface area contributed by atoms with E-state index in [2.05, 4.69) is 22.8 Å². The van der Waals surface area contributed by atoms with Crippen molar-refractivity contribution in [3.63, 3.8) is 0 Å². The lowest BCUT2D eigenvalue weighted by Crippen LogP contribution is -2.39. The number of amides is 1. The van der Waals surface area contributed by atoms with Gasteiger partial charge in [-0.2, -0.15) is 5.10 Å². The van der Waals surface area contributed by atoms with Gasteiger partial charge >= 0.3 is 0 Å². The second-order valence-corrected chi connectivity index (χ2v) is 7.95. The molecule has 1 aromatic heterocycles. The molecule has 1 fully saturated rings. The van der Waals surface area contributed by atoms with Crippen molar-refractivity contribution in [1.82, 2.24) is 14.7 Å². The molecule has 0 aliphatic carbocycles. The van der Waals surface area contributed by atoms with Gasteiger partial charge in [-0.05, 0) is 71.6 Å². The summed E-state index contributed by atoms with van der Waals surface area (Å²) < 4.78 is 19.4. The van der Waals surface area contributed by atoms with Gasteiger partial charge in [0.1, 0.15) is 0 Å². The summed E-state index contributed by atoms with van der Waals surface area (Å²) in [6.45, 7) is 13.7. The maximum Gasteiger partial charge on any atom is 0.254 e. The van der Waals surface area contributed by atoms with E-state index >= 15 is 0 Å². The molecule has 1 saturated heterocycles. The molecular formula is C24H35N3O4. The quantitative estimate of drug-likeness (QED) is 0.596. The Hall–Kier alpha value is -2.70. The van der Waals surface area contributed by atoms with Gasteiger partial charge in [-0.1, -0.05) is 0 Å². The normalized spacial score (nSPS) is 14.5. The minimum absolute atomic E-state index is 0.00881. The number of likely N-dealkylation sites (tertiary alicyclic amines) is 1. The molecule has 0 bridgehead atoms. The SMILES string of the molecule is CCOc1cc(C(=O)N2CCC(Cn3nc(C)cc3C)CC2)cc(OCC)c1OCC. The minimum Gasteiger partial charge on any atom is -0.490 e. The van der Waals surface area contributed by atoms with Crippen LogP contribution in [-0.2, 0) is 6.54 Å². The summed E-state index contributed by atoms with van der Waals surface area (Å²) in [6.07, 6.45) is 1.94. The molecule has 0 saturated carbocycles. The number of carbonyl (C=O) groups excluding carboxylic acids is 1. The first-order chi connectivity index (χ1) is 15.0. The molecule has 1 aromatic carbocycles. The van der Waals surface area contributed by atoms with Crippen LogP contribution in [-0.4, -0.2) is 53.5 Å². The van der Waals surface area contributed by atoms with Crippen molar-refractivity contribution in [3.05, 3.63) is 35.2 Å². The molecule has 7 heteroatoms. The highest BCUT2D eigenvalue weighted by molar-refractivity contribution is 5.95. The summed E-state index contributed by atoms with van der Waals surface area (Å²) in [5.41, 5.74) is 2.82. The molecule has 2 heterocycles. The number of aromatic nitrogens is 2. The summed E-state index contributed by atoms with van der Waals surface area (Å²) in [5, 5.41) is 4.58. The van der Waals surface area contributed by atoms with E-state index < -0.39 is 0 Å². The lowest BCUT2D eigenvalue weighted by Gasteiger charge is -2.32. The smallest absolute Gasteiger partial charge is 0.254 e. The van der Waals surface area contributed by atoms with Crippen molar-refractivity contribution in [2.75, 3.05) is 32.9 Å². The zero-order chi connectivity index (χ0) is 22.4. The maximum atomic E-state index is 13.3. The van der Waals surface area contributed by atoms with Crippen LogP contribution in [0.3, 0.4) is 0 Å². The van der Waals surface area contributed by atoms with E-state index in [1.165, 1.54) is 5.69 Å². The molecule has 0 spiro atoms. The van der Waals surface area contributed by atoms with E-state index in [1.807, 2.05) is 32.6 Å². The van der Waals surface area contributed by atoms with Crippen molar-refractivity contribution >= 4 is 5.91 Å². The first-order valence-corrected chi connectivity index (χ1v) is 11.3. The van der Waals surface area contributed by atoms with Gasteiger partial charge in [-0.25, -0.2) is 0 Å². The molecule has 7 nitrogen and oxygen atoms in total. The average Bonchev–Trinajstić information content (AvgIpc) is 3.07. The predicted molar refractivity (Wildman–Crippen MR) is 120 cm³/mol. The first-order valence-electron chi connectivity index (χ1n) is 11.3.